The second-order valence-corrected chi connectivity index (χ2v) is 4.39. The lowest BCUT2D eigenvalue weighted by Gasteiger charge is -2.16. The Kier molecular flexibility index (Phi) is 4.94. The lowest BCUT2D eigenvalue weighted by atomic mass is 10.7. The average molecular weight is 209 g/mol. The zero-order valence-electron chi connectivity index (χ0n) is 8.11. The molecule has 0 aliphatic rings. The highest BCUT2D eigenvalue weighted by atomic mass is 32.2. The molecule has 0 aromatic rings. The molecule has 0 unspecified atom stereocenters. The largest absolute Gasteiger partial charge is 0.468 e. The minimum absolute atomic E-state index is 0.371. The second kappa shape index (κ2) is 5.18. The van der Waals surface area contributed by atoms with Crippen LogP contribution < -0.4 is 0 Å². The summed E-state index contributed by atoms with van der Waals surface area (Å²) in [6.45, 7) is 4.18. The molecule has 0 fully saturated rings. The number of ether oxygens (including phenoxy) is 1. The van der Waals surface area contributed by atoms with Crippen molar-refractivity contribution in [2.24, 2.45) is 0 Å². The van der Waals surface area contributed by atoms with E-state index in [9.17, 15) is 13.2 Å². The van der Waals surface area contributed by atoms with Crippen LogP contribution in [0.3, 0.4) is 0 Å². The Morgan fingerprint density at radius 2 is 1.77 bits per heavy atom. The predicted octanol–water partition coefficient (Wildman–Crippen LogP) is -0.169. The summed E-state index contributed by atoms with van der Waals surface area (Å²) in [6.07, 6.45) is 0. The van der Waals surface area contributed by atoms with Crippen LogP contribution in [0.1, 0.15) is 13.8 Å². The van der Waals surface area contributed by atoms with Crippen molar-refractivity contribution >= 4 is 16.0 Å². The minimum Gasteiger partial charge on any atom is -0.468 e. The molecular formula is C7H15NO4S. The van der Waals surface area contributed by atoms with Gasteiger partial charge in [-0.05, 0) is 0 Å². The normalized spacial score (nSPS) is 11.7. The van der Waals surface area contributed by atoms with Gasteiger partial charge in [0.2, 0.25) is 10.0 Å². The van der Waals surface area contributed by atoms with Gasteiger partial charge in [0.15, 0.2) is 5.75 Å². The van der Waals surface area contributed by atoms with Crippen LogP contribution in [0, 0.1) is 0 Å². The smallest absolute Gasteiger partial charge is 0.322 e. The molecule has 0 heterocycles. The van der Waals surface area contributed by atoms with E-state index < -0.39 is 21.7 Å². The maximum Gasteiger partial charge on any atom is 0.322 e. The molecule has 5 nitrogen and oxygen atoms in total. The Balaban J connectivity index is 4.47. The van der Waals surface area contributed by atoms with Crippen LogP contribution >= 0.6 is 0 Å². The monoisotopic (exact) mass is 209 g/mol. The molecule has 0 bridgehead atoms. The van der Waals surface area contributed by atoms with Crippen LogP contribution in [0.25, 0.3) is 0 Å². The summed E-state index contributed by atoms with van der Waals surface area (Å²) in [5.41, 5.74) is 0. The van der Waals surface area contributed by atoms with Gasteiger partial charge in [-0.2, -0.15) is 0 Å². The molecule has 0 saturated heterocycles. The molecule has 0 saturated carbocycles. The van der Waals surface area contributed by atoms with Crippen molar-refractivity contribution in [3.63, 3.8) is 0 Å². The van der Waals surface area contributed by atoms with E-state index in [1.807, 2.05) is 0 Å². The van der Waals surface area contributed by atoms with Crippen LogP contribution in [0.5, 0.6) is 0 Å². The molecule has 13 heavy (non-hydrogen) atoms. The van der Waals surface area contributed by atoms with Gasteiger partial charge >= 0.3 is 5.97 Å². The number of hydrogen-bond donors (Lipinski definition) is 0. The first-order valence-electron chi connectivity index (χ1n) is 4.02. The van der Waals surface area contributed by atoms with Crippen molar-refractivity contribution in [2.45, 2.75) is 13.8 Å². The number of rotatable bonds is 5. The summed E-state index contributed by atoms with van der Waals surface area (Å²) in [5, 5.41) is 0. The maximum absolute atomic E-state index is 11.4. The first kappa shape index (κ1) is 12.4. The van der Waals surface area contributed by atoms with Crippen LogP contribution in [0.4, 0.5) is 0 Å². The van der Waals surface area contributed by atoms with Crippen molar-refractivity contribution in [3.05, 3.63) is 0 Å². The van der Waals surface area contributed by atoms with Crippen molar-refractivity contribution < 1.29 is 17.9 Å². The van der Waals surface area contributed by atoms with Crippen LogP contribution in [0.2, 0.25) is 0 Å². The van der Waals surface area contributed by atoms with Gasteiger partial charge in [-0.15, -0.1) is 0 Å². The third-order valence-corrected chi connectivity index (χ3v) is 3.53. The van der Waals surface area contributed by atoms with Gasteiger partial charge in [0.25, 0.3) is 0 Å². The van der Waals surface area contributed by atoms with Crippen molar-refractivity contribution in [3.8, 4) is 0 Å². The second-order valence-electron chi connectivity index (χ2n) is 2.42. The Morgan fingerprint density at radius 3 is 2.08 bits per heavy atom. The molecule has 0 N–H and O–H groups in total. The molecule has 0 rings (SSSR count). The van der Waals surface area contributed by atoms with Gasteiger partial charge in [0.1, 0.15) is 0 Å². The van der Waals surface area contributed by atoms with Crippen LogP contribution in [-0.2, 0) is 19.6 Å². The molecular weight excluding hydrogens is 194 g/mol. The van der Waals surface area contributed by atoms with Crippen LogP contribution in [0.15, 0.2) is 0 Å². The van der Waals surface area contributed by atoms with E-state index in [0.29, 0.717) is 13.1 Å². The molecule has 6 heteroatoms. The molecule has 78 valence electrons. The molecule has 0 aromatic carbocycles. The summed E-state index contributed by atoms with van der Waals surface area (Å²) < 4.78 is 28.3. The van der Waals surface area contributed by atoms with Crippen LogP contribution in [-0.4, -0.2) is 44.6 Å². The zero-order valence-corrected chi connectivity index (χ0v) is 8.93. The third kappa shape index (κ3) is 3.73. The first-order chi connectivity index (χ1) is 5.97. The number of nitrogens with zero attached hydrogens (tertiary/aromatic N) is 1. The lowest BCUT2D eigenvalue weighted by Crippen LogP contribution is -2.35. The van der Waals surface area contributed by atoms with Gasteiger partial charge in [-0.1, -0.05) is 13.8 Å². The number of esters is 1. The zero-order chi connectivity index (χ0) is 10.5. The summed E-state index contributed by atoms with van der Waals surface area (Å²) in [4.78, 5) is 10.7. The van der Waals surface area contributed by atoms with Gasteiger partial charge in [0, 0.05) is 13.1 Å². The highest BCUT2D eigenvalue weighted by Gasteiger charge is 2.22. The van der Waals surface area contributed by atoms with Gasteiger partial charge < -0.3 is 4.74 Å². The van der Waals surface area contributed by atoms with Gasteiger partial charge in [-0.3, -0.25) is 4.79 Å². The van der Waals surface area contributed by atoms with E-state index >= 15 is 0 Å². The number of hydrogen-bond acceptors (Lipinski definition) is 4. The first-order valence-corrected chi connectivity index (χ1v) is 5.63. The summed E-state index contributed by atoms with van der Waals surface area (Å²) in [6, 6.07) is 0. The number of carbonyl (C=O) groups is 1. The molecule has 0 atom stereocenters. The van der Waals surface area contributed by atoms with E-state index in [1.165, 1.54) is 11.4 Å². The van der Waals surface area contributed by atoms with E-state index in [0.717, 1.165) is 0 Å². The summed E-state index contributed by atoms with van der Waals surface area (Å²) in [7, 11) is -2.31. The van der Waals surface area contributed by atoms with E-state index in [4.69, 9.17) is 0 Å². The number of methoxy groups -OCH3 is 1. The van der Waals surface area contributed by atoms with Gasteiger partial charge in [0.05, 0.1) is 7.11 Å². The Bertz CT molecular complexity index is 256. The van der Waals surface area contributed by atoms with Crippen molar-refractivity contribution in [2.75, 3.05) is 26.0 Å². The molecule has 0 aliphatic carbocycles. The standard InChI is InChI=1S/C7H15NO4S/c1-4-8(5-2)13(10,11)6-7(9)12-3/h4-6H2,1-3H3. The maximum atomic E-state index is 11.4. The summed E-state index contributed by atoms with van der Waals surface area (Å²) in [5.74, 6) is -1.31. The fourth-order valence-corrected chi connectivity index (χ4v) is 2.30. The predicted molar refractivity (Wildman–Crippen MR) is 48.7 cm³/mol. The van der Waals surface area contributed by atoms with Crippen molar-refractivity contribution in [1.29, 1.82) is 0 Å². The molecule has 0 aliphatic heterocycles. The van der Waals surface area contributed by atoms with Gasteiger partial charge in [-0.25, -0.2) is 12.7 Å². The van der Waals surface area contributed by atoms with E-state index in [-0.39, 0.29) is 0 Å². The Labute approximate surface area is 78.7 Å². The SMILES string of the molecule is CCN(CC)S(=O)(=O)CC(=O)OC. The highest BCUT2D eigenvalue weighted by Crippen LogP contribution is 2.00. The number of sulfonamides is 1. The van der Waals surface area contributed by atoms with E-state index in [2.05, 4.69) is 4.74 Å². The van der Waals surface area contributed by atoms with Crippen molar-refractivity contribution in [1.82, 2.24) is 4.31 Å². The Hall–Kier alpha value is -0.620. The lowest BCUT2D eigenvalue weighted by molar-refractivity contribution is -0.137. The topological polar surface area (TPSA) is 63.7 Å². The van der Waals surface area contributed by atoms with E-state index in [1.54, 1.807) is 13.8 Å². The highest BCUT2D eigenvalue weighted by molar-refractivity contribution is 7.89. The number of carbonyl (C=O) groups excluding carboxylic acids is 1. The average Bonchev–Trinajstić information content (AvgIpc) is 2.05. The molecule has 0 radical (unpaired) electrons. The Morgan fingerprint density at radius 1 is 1.31 bits per heavy atom. The third-order valence-electron chi connectivity index (χ3n) is 1.63. The fraction of sp³-hybridized carbons (Fsp3) is 0.857. The molecule has 0 aromatic heterocycles. The summed E-state index contributed by atoms with van der Waals surface area (Å²) >= 11 is 0. The quantitative estimate of drug-likeness (QED) is 0.590. The fourth-order valence-electron chi connectivity index (χ4n) is 0.916. The minimum atomic E-state index is -3.48. The molecule has 0 amide bonds. The molecule has 0 spiro atoms.